The monoisotopic (exact) mass is 933 g/mol. The molecule has 4 heterocycles. The highest BCUT2D eigenvalue weighted by molar-refractivity contribution is 5.95. The minimum absolute atomic E-state index is 0.00969. The second kappa shape index (κ2) is 25.0. The van der Waals surface area contributed by atoms with E-state index in [1.54, 1.807) is 83.0 Å². The Bertz CT molecular complexity index is 2790. The van der Waals surface area contributed by atoms with Crippen molar-refractivity contribution in [2.75, 3.05) is 76.9 Å². The highest BCUT2D eigenvalue weighted by Crippen LogP contribution is 2.26. The first-order valence-electron chi connectivity index (χ1n) is 22.1. The number of hydrogen-bond donors (Lipinski definition) is 4. The lowest BCUT2D eigenvalue weighted by Crippen LogP contribution is -2.40. The average molecular weight is 934 g/mol. The largest absolute Gasteiger partial charge is 0.478 e. The van der Waals surface area contributed by atoms with Gasteiger partial charge in [-0.3, -0.25) is 14.4 Å². The van der Waals surface area contributed by atoms with Crippen molar-refractivity contribution >= 4 is 52.1 Å². The molecule has 16 nitrogen and oxygen atoms in total. The summed E-state index contributed by atoms with van der Waals surface area (Å²) >= 11 is 0. The van der Waals surface area contributed by atoms with Gasteiger partial charge >= 0.3 is 11.9 Å². The van der Waals surface area contributed by atoms with Crippen LogP contribution in [0.25, 0.3) is 16.6 Å². The number of anilines is 3. The normalized spacial score (nSPS) is 13.0. The third-order valence-corrected chi connectivity index (χ3v) is 11.0. The summed E-state index contributed by atoms with van der Waals surface area (Å²) in [6.07, 6.45) is 4.17. The number of methoxy groups -OCH3 is 1. The fourth-order valence-electron chi connectivity index (χ4n) is 7.24. The van der Waals surface area contributed by atoms with E-state index in [0.717, 1.165) is 27.9 Å². The zero-order chi connectivity index (χ0) is 49.1. The van der Waals surface area contributed by atoms with Crippen LogP contribution in [0, 0.1) is 0 Å². The van der Waals surface area contributed by atoms with E-state index in [-0.39, 0.29) is 29.1 Å². The first-order chi connectivity index (χ1) is 33.4. The Morgan fingerprint density at radius 3 is 1.52 bits per heavy atom. The van der Waals surface area contributed by atoms with E-state index in [1.807, 2.05) is 52.9 Å². The van der Waals surface area contributed by atoms with Crippen molar-refractivity contribution in [3.8, 4) is 11.1 Å². The number of hydrogen-bond acceptors (Lipinski definition) is 12. The van der Waals surface area contributed by atoms with Crippen LogP contribution < -0.4 is 17.2 Å². The summed E-state index contributed by atoms with van der Waals surface area (Å²) in [5.74, 6) is -1.10. The van der Waals surface area contributed by atoms with Crippen LogP contribution in [0.15, 0.2) is 152 Å². The number of ketones is 1. The Morgan fingerprint density at radius 2 is 1.04 bits per heavy atom. The molecular weight excluding hydrogens is 879 g/mol. The Hall–Kier alpha value is -8.34. The van der Waals surface area contributed by atoms with Gasteiger partial charge < -0.3 is 50.7 Å². The molecule has 2 saturated heterocycles. The maximum atomic E-state index is 13.1. The van der Waals surface area contributed by atoms with E-state index in [9.17, 15) is 24.0 Å². The van der Waals surface area contributed by atoms with Crippen molar-refractivity contribution < 1.29 is 43.3 Å². The first kappa shape index (κ1) is 50.1. The Labute approximate surface area is 399 Å². The SMILES string of the molecule is COC(=O)c1ccc(N)cc1.Nc1ccc(C(=O)N2CCOCC2)cc1.Nc1ccc(C(=O)O)cc1.O=C(Cc1ccc(C(=O)N2CCOCC2)cc1)Cc1c(-c2ccccc2)ccc2cncn12. The standard InChI is InChI=1S/C27H25N3O3.C11H14N2O2.C8H9NO2.C7H7NO2/c31-24(16-20-6-8-22(9-7-20)27(32)29-12-14-33-15-13-29)17-26-25(21-4-2-1-3-5-21)11-10-23-18-28-19-30(23)26;12-10-3-1-9(2-4-10)11(14)13-5-7-15-8-6-13;1-11-8(10)6-2-4-7(9)5-3-6;8-6-3-1-5(2-4-6)7(9)10/h1-11,18-19H,12-17H2;1-4H,5-8,12H2;2-5H,9H2,1H3;1-4H,8H2,(H,9,10). The van der Waals surface area contributed by atoms with Crippen molar-refractivity contribution in [2.45, 2.75) is 12.8 Å². The zero-order valence-corrected chi connectivity index (χ0v) is 38.2. The molecule has 2 aliphatic rings. The molecule has 9 rings (SSSR count). The fourth-order valence-corrected chi connectivity index (χ4v) is 7.24. The number of carboxylic acid groups (broad SMARTS) is 1. The van der Waals surface area contributed by atoms with Gasteiger partial charge in [0, 0.05) is 78.5 Å². The number of nitrogens with zero attached hydrogens (tertiary/aromatic N) is 4. The second-order valence-electron chi connectivity index (χ2n) is 15.8. The van der Waals surface area contributed by atoms with Crippen molar-refractivity contribution in [1.29, 1.82) is 0 Å². The molecule has 2 aromatic heterocycles. The number of pyridine rings is 1. The molecular formula is C53H55N7O9. The number of amides is 2. The van der Waals surface area contributed by atoms with Gasteiger partial charge in [0.15, 0.2) is 0 Å². The van der Waals surface area contributed by atoms with Gasteiger partial charge in [-0.15, -0.1) is 0 Å². The second-order valence-corrected chi connectivity index (χ2v) is 15.8. The van der Waals surface area contributed by atoms with Gasteiger partial charge in [0.25, 0.3) is 11.8 Å². The predicted molar refractivity (Wildman–Crippen MR) is 264 cm³/mol. The van der Waals surface area contributed by atoms with Crippen LogP contribution in [0.4, 0.5) is 17.1 Å². The molecule has 16 heteroatoms. The number of aromatic carboxylic acids is 1. The average Bonchev–Trinajstić information content (AvgIpc) is 3.88. The molecule has 0 radical (unpaired) electrons. The number of ether oxygens (including phenoxy) is 3. The predicted octanol–water partition coefficient (Wildman–Crippen LogP) is 6.59. The maximum Gasteiger partial charge on any atom is 0.337 e. The van der Waals surface area contributed by atoms with Gasteiger partial charge in [0.2, 0.25) is 0 Å². The molecule has 69 heavy (non-hydrogen) atoms. The number of morpholine rings is 2. The molecule has 2 fully saturated rings. The molecule has 0 saturated carbocycles. The third kappa shape index (κ3) is 14.6. The van der Waals surface area contributed by atoms with Crippen molar-refractivity contribution in [3.63, 3.8) is 0 Å². The summed E-state index contributed by atoms with van der Waals surface area (Å²) in [5.41, 5.74) is 25.2. The number of nitrogens with two attached hydrogens (primary N) is 3. The molecule has 0 spiro atoms. The lowest BCUT2D eigenvalue weighted by Gasteiger charge is -2.26. The molecule has 5 aromatic carbocycles. The maximum absolute atomic E-state index is 13.1. The summed E-state index contributed by atoms with van der Waals surface area (Å²) in [6, 6.07) is 41.2. The molecule has 2 amide bonds. The van der Waals surface area contributed by atoms with E-state index in [4.69, 9.17) is 31.8 Å². The summed E-state index contributed by atoms with van der Waals surface area (Å²) in [5, 5.41) is 8.43. The van der Waals surface area contributed by atoms with Crippen LogP contribution in [0.5, 0.6) is 0 Å². The molecule has 7 N–H and O–H groups in total. The number of carbonyl (C=O) groups is 5. The number of Topliss-reactive ketones (excluding diaryl/α,β-unsaturated/α-hetero) is 1. The van der Waals surface area contributed by atoms with E-state index in [2.05, 4.69) is 27.9 Å². The van der Waals surface area contributed by atoms with Crippen LogP contribution in [-0.4, -0.2) is 114 Å². The van der Waals surface area contributed by atoms with Crippen LogP contribution in [0.2, 0.25) is 0 Å². The topological polar surface area (TPSA) is 235 Å². The smallest absolute Gasteiger partial charge is 0.337 e. The number of imidazole rings is 1. The van der Waals surface area contributed by atoms with E-state index in [1.165, 1.54) is 19.2 Å². The van der Waals surface area contributed by atoms with Crippen LogP contribution in [-0.2, 0) is 31.8 Å². The Balaban J connectivity index is 0.000000178. The van der Waals surface area contributed by atoms with Crippen LogP contribution in [0.3, 0.4) is 0 Å². The number of esters is 1. The number of aromatic nitrogens is 2. The lowest BCUT2D eigenvalue weighted by atomic mass is 9.98. The zero-order valence-electron chi connectivity index (χ0n) is 38.2. The minimum Gasteiger partial charge on any atom is -0.478 e. The summed E-state index contributed by atoms with van der Waals surface area (Å²) in [7, 11) is 1.35. The molecule has 2 aliphatic heterocycles. The Morgan fingerprint density at radius 1 is 0.580 bits per heavy atom. The first-order valence-corrected chi connectivity index (χ1v) is 22.1. The van der Waals surface area contributed by atoms with Gasteiger partial charge in [0.05, 0.1) is 62.7 Å². The third-order valence-electron chi connectivity index (χ3n) is 11.0. The summed E-state index contributed by atoms with van der Waals surface area (Å²) < 4.78 is 17.0. The molecule has 0 bridgehead atoms. The number of nitrogen functional groups attached to an aromatic ring is 3. The van der Waals surface area contributed by atoms with E-state index < -0.39 is 5.97 Å². The van der Waals surface area contributed by atoms with E-state index in [0.29, 0.717) is 99.2 Å². The van der Waals surface area contributed by atoms with Gasteiger partial charge in [0.1, 0.15) is 5.78 Å². The van der Waals surface area contributed by atoms with Crippen molar-refractivity contribution in [2.24, 2.45) is 0 Å². The molecule has 356 valence electrons. The minimum atomic E-state index is -0.931. The van der Waals surface area contributed by atoms with E-state index >= 15 is 0 Å². The number of benzene rings is 5. The number of carbonyl (C=O) groups excluding carboxylic acids is 4. The molecule has 0 aliphatic carbocycles. The molecule has 0 unspecified atom stereocenters. The van der Waals surface area contributed by atoms with Crippen molar-refractivity contribution in [1.82, 2.24) is 19.2 Å². The quantitative estimate of drug-likeness (QED) is 0.0884. The number of fused-ring (bicyclic) bond motifs is 1. The van der Waals surface area contributed by atoms with Crippen LogP contribution in [0.1, 0.15) is 52.7 Å². The molecule has 0 atom stereocenters. The van der Waals surface area contributed by atoms with Crippen molar-refractivity contribution in [3.05, 3.63) is 186 Å². The summed E-state index contributed by atoms with van der Waals surface area (Å²) in [6.45, 7) is 4.97. The van der Waals surface area contributed by atoms with Gasteiger partial charge in [-0.05, 0) is 102 Å². The highest BCUT2D eigenvalue weighted by Gasteiger charge is 2.20. The summed E-state index contributed by atoms with van der Waals surface area (Å²) in [4.78, 5) is 66.7. The van der Waals surface area contributed by atoms with Gasteiger partial charge in [-0.25, -0.2) is 14.6 Å². The van der Waals surface area contributed by atoms with Crippen LogP contribution >= 0.6 is 0 Å². The number of rotatable bonds is 9. The Kier molecular flexibility index (Phi) is 18.1. The molecule has 7 aromatic rings. The van der Waals surface area contributed by atoms with Gasteiger partial charge in [-0.1, -0.05) is 48.5 Å². The lowest BCUT2D eigenvalue weighted by molar-refractivity contribution is -0.117. The highest BCUT2D eigenvalue weighted by atomic mass is 16.5. The van der Waals surface area contributed by atoms with Gasteiger partial charge in [-0.2, -0.15) is 0 Å². The number of carboxylic acids is 1. The fraction of sp³-hybridized carbons (Fsp3) is 0.208.